The molecule has 116 valence electrons. The maximum atomic E-state index is 5.18. The molecular formula is C17H14BrN3OS. The van der Waals surface area contributed by atoms with Crippen LogP contribution in [0.25, 0.3) is 11.3 Å². The third-order valence-corrected chi connectivity index (χ3v) is 4.39. The summed E-state index contributed by atoms with van der Waals surface area (Å²) in [5.74, 6) is 0.806. The van der Waals surface area contributed by atoms with Gasteiger partial charge in [-0.05, 0) is 29.8 Å². The second-order valence-corrected chi connectivity index (χ2v) is 6.47. The highest BCUT2D eigenvalue weighted by atomic mass is 79.9. The Hall–Kier alpha value is -2.18. The summed E-state index contributed by atoms with van der Waals surface area (Å²) in [6, 6.07) is 15.8. The highest BCUT2D eigenvalue weighted by Gasteiger charge is 2.03. The zero-order chi connectivity index (χ0) is 16.1. The first-order chi connectivity index (χ1) is 11.2. The van der Waals surface area contributed by atoms with E-state index in [9.17, 15) is 0 Å². The molecule has 0 spiro atoms. The summed E-state index contributed by atoms with van der Waals surface area (Å²) in [6.07, 6.45) is 1.74. The summed E-state index contributed by atoms with van der Waals surface area (Å²) in [5.41, 5.74) is 5.93. The van der Waals surface area contributed by atoms with Crippen LogP contribution < -0.4 is 10.2 Å². The molecule has 0 saturated carbocycles. The van der Waals surface area contributed by atoms with Gasteiger partial charge >= 0.3 is 0 Å². The number of rotatable bonds is 5. The van der Waals surface area contributed by atoms with Crippen LogP contribution in [0, 0.1) is 0 Å². The minimum Gasteiger partial charge on any atom is -0.497 e. The van der Waals surface area contributed by atoms with Crippen LogP contribution in [0.4, 0.5) is 5.13 Å². The van der Waals surface area contributed by atoms with Crippen molar-refractivity contribution < 1.29 is 4.74 Å². The summed E-state index contributed by atoms with van der Waals surface area (Å²) in [5, 5.41) is 6.98. The Balaban J connectivity index is 1.67. The highest BCUT2D eigenvalue weighted by Crippen LogP contribution is 2.26. The van der Waals surface area contributed by atoms with E-state index in [0.717, 1.165) is 32.2 Å². The number of nitrogens with one attached hydrogen (secondary N) is 1. The van der Waals surface area contributed by atoms with Gasteiger partial charge in [0.15, 0.2) is 0 Å². The van der Waals surface area contributed by atoms with Crippen molar-refractivity contribution in [2.45, 2.75) is 0 Å². The van der Waals surface area contributed by atoms with Crippen LogP contribution in [0.1, 0.15) is 5.56 Å². The number of nitrogens with zero attached hydrogens (tertiary/aromatic N) is 2. The Morgan fingerprint density at radius 1 is 1.22 bits per heavy atom. The maximum Gasteiger partial charge on any atom is 0.203 e. The first-order valence-electron chi connectivity index (χ1n) is 6.89. The average Bonchev–Trinajstić information content (AvgIpc) is 3.04. The lowest BCUT2D eigenvalue weighted by Gasteiger charge is -1.99. The van der Waals surface area contributed by atoms with Crippen molar-refractivity contribution in [2.75, 3.05) is 12.5 Å². The Labute approximate surface area is 147 Å². The fourth-order valence-electron chi connectivity index (χ4n) is 1.96. The SMILES string of the molecule is COc1cccc(/C=N/Nc2nc(-c3ccc(Br)cc3)cs2)c1. The van der Waals surface area contributed by atoms with E-state index in [-0.39, 0.29) is 0 Å². The zero-order valence-corrected chi connectivity index (χ0v) is 14.8. The number of hydrogen-bond donors (Lipinski definition) is 1. The molecule has 1 heterocycles. The second kappa shape index (κ2) is 7.39. The van der Waals surface area contributed by atoms with Gasteiger partial charge < -0.3 is 4.74 Å². The van der Waals surface area contributed by atoms with Crippen LogP contribution >= 0.6 is 27.3 Å². The van der Waals surface area contributed by atoms with E-state index >= 15 is 0 Å². The third-order valence-electron chi connectivity index (χ3n) is 3.11. The van der Waals surface area contributed by atoms with Crippen molar-refractivity contribution in [1.29, 1.82) is 0 Å². The minimum atomic E-state index is 0.752. The van der Waals surface area contributed by atoms with E-state index in [1.165, 1.54) is 11.3 Å². The van der Waals surface area contributed by atoms with Crippen molar-refractivity contribution in [3.05, 3.63) is 63.9 Å². The highest BCUT2D eigenvalue weighted by molar-refractivity contribution is 9.10. The second-order valence-electron chi connectivity index (χ2n) is 4.69. The monoisotopic (exact) mass is 387 g/mol. The molecule has 0 aliphatic carbocycles. The van der Waals surface area contributed by atoms with E-state index in [1.54, 1.807) is 13.3 Å². The number of benzene rings is 2. The molecule has 4 nitrogen and oxygen atoms in total. The Bertz CT molecular complexity index is 815. The van der Waals surface area contributed by atoms with Gasteiger partial charge in [-0.1, -0.05) is 40.2 Å². The molecule has 0 unspecified atom stereocenters. The summed E-state index contributed by atoms with van der Waals surface area (Å²) in [4.78, 5) is 4.53. The van der Waals surface area contributed by atoms with Crippen molar-refractivity contribution >= 4 is 38.6 Å². The van der Waals surface area contributed by atoms with Gasteiger partial charge in [-0.15, -0.1) is 11.3 Å². The van der Waals surface area contributed by atoms with E-state index in [4.69, 9.17) is 4.74 Å². The number of halogens is 1. The number of hydrazone groups is 1. The fourth-order valence-corrected chi connectivity index (χ4v) is 2.90. The number of methoxy groups -OCH3 is 1. The van der Waals surface area contributed by atoms with Crippen LogP contribution in [0.15, 0.2) is 63.5 Å². The number of ether oxygens (including phenoxy) is 1. The van der Waals surface area contributed by atoms with Gasteiger partial charge in [0.1, 0.15) is 5.75 Å². The lowest BCUT2D eigenvalue weighted by molar-refractivity contribution is 0.415. The summed E-state index contributed by atoms with van der Waals surface area (Å²) in [7, 11) is 1.65. The van der Waals surface area contributed by atoms with Gasteiger partial charge in [-0.2, -0.15) is 5.10 Å². The molecule has 23 heavy (non-hydrogen) atoms. The lowest BCUT2D eigenvalue weighted by Crippen LogP contribution is -1.91. The van der Waals surface area contributed by atoms with Gasteiger partial charge in [-0.3, -0.25) is 5.43 Å². The van der Waals surface area contributed by atoms with Crippen LogP contribution in [0.2, 0.25) is 0 Å². The largest absolute Gasteiger partial charge is 0.497 e. The molecule has 0 fully saturated rings. The first kappa shape index (κ1) is 15.7. The minimum absolute atomic E-state index is 0.752. The van der Waals surface area contributed by atoms with Gasteiger partial charge in [0.2, 0.25) is 5.13 Å². The normalized spacial score (nSPS) is 10.9. The number of anilines is 1. The van der Waals surface area contributed by atoms with E-state index in [1.807, 2.05) is 53.9 Å². The molecular weight excluding hydrogens is 374 g/mol. The molecule has 0 aliphatic rings. The summed E-state index contributed by atoms with van der Waals surface area (Å²) in [6.45, 7) is 0. The zero-order valence-electron chi connectivity index (χ0n) is 12.4. The molecule has 0 bridgehead atoms. The predicted molar refractivity (Wildman–Crippen MR) is 99.5 cm³/mol. The van der Waals surface area contributed by atoms with E-state index in [0.29, 0.717) is 0 Å². The molecule has 2 aromatic carbocycles. The van der Waals surface area contributed by atoms with Crippen molar-refractivity contribution in [2.24, 2.45) is 5.10 Å². The quantitative estimate of drug-likeness (QED) is 0.493. The third kappa shape index (κ3) is 4.18. The molecule has 3 rings (SSSR count). The molecule has 1 aromatic heterocycles. The maximum absolute atomic E-state index is 5.18. The standard InChI is InChI=1S/C17H14BrN3OS/c1-22-15-4-2-3-12(9-15)10-19-21-17-20-16(11-23-17)13-5-7-14(18)8-6-13/h2-11H,1H3,(H,20,21)/b19-10+. The van der Waals surface area contributed by atoms with Crippen molar-refractivity contribution in [3.63, 3.8) is 0 Å². The van der Waals surface area contributed by atoms with Crippen LogP contribution in [0.3, 0.4) is 0 Å². The summed E-state index contributed by atoms with van der Waals surface area (Å²) >= 11 is 4.95. The molecule has 0 aliphatic heterocycles. The topological polar surface area (TPSA) is 46.5 Å². The van der Waals surface area contributed by atoms with Crippen molar-refractivity contribution in [3.8, 4) is 17.0 Å². The fraction of sp³-hybridized carbons (Fsp3) is 0.0588. The van der Waals surface area contributed by atoms with Crippen LogP contribution in [-0.4, -0.2) is 18.3 Å². The Kier molecular flexibility index (Phi) is 5.05. The molecule has 3 aromatic rings. The molecule has 0 amide bonds. The molecule has 0 saturated heterocycles. The molecule has 6 heteroatoms. The van der Waals surface area contributed by atoms with Gasteiger partial charge in [0, 0.05) is 15.4 Å². The number of hydrogen-bond acceptors (Lipinski definition) is 5. The van der Waals surface area contributed by atoms with Gasteiger partial charge in [-0.25, -0.2) is 4.98 Å². The average molecular weight is 388 g/mol. The molecule has 0 radical (unpaired) electrons. The predicted octanol–water partition coefficient (Wildman–Crippen LogP) is 5.03. The number of thiazole rings is 1. The van der Waals surface area contributed by atoms with E-state index in [2.05, 4.69) is 31.4 Å². The molecule has 1 N–H and O–H groups in total. The van der Waals surface area contributed by atoms with Gasteiger partial charge in [0.05, 0.1) is 19.0 Å². The Morgan fingerprint density at radius 2 is 2.04 bits per heavy atom. The van der Waals surface area contributed by atoms with E-state index < -0.39 is 0 Å². The Morgan fingerprint density at radius 3 is 2.83 bits per heavy atom. The van der Waals surface area contributed by atoms with Crippen LogP contribution in [0.5, 0.6) is 5.75 Å². The summed E-state index contributed by atoms with van der Waals surface area (Å²) < 4.78 is 6.24. The smallest absolute Gasteiger partial charge is 0.203 e. The van der Waals surface area contributed by atoms with Gasteiger partial charge in [0.25, 0.3) is 0 Å². The number of aromatic nitrogens is 1. The van der Waals surface area contributed by atoms with Crippen molar-refractivity contribution in [1.82, 2.24) is 4.98 Å². The first-order valence-corrected chi connectivity index (χ1v) is 8.56. The van der Waals surface area contributed by atoms with Crippen LogP contribution in [-0.2, 0) is 0 Å². The lowest BCUT2D eigenvalue weighted by atomic mass is 10.2. The molecule has 0 atom stereocenters.